The maximum absolute atomic E-state index is 10.8. The van der Waals surface area contributed by atoms with Crippen LogP contribution in [-0.4, -0.2) is 17.4 Å². The van der Waals surface area contributed by atoms with E-state index in [0.717, 1.165) is 6.07 Å². The van der Waals surface area contributed by atoms with Gasteiger partial charge in [0.05, 0.1) is 15.0 Å². The lowest BCUT2D eigenvalue weighted by molar-refractivity contribution is -0.385. The van der Waals surface area contributed by atoms with E-state index in [1.807, 2.05) is 0 Å². The van der Waals surface area contributed by atoms with E-state index in [-0.39, 0.29) is 28.1 Å². The highest BCUT2D eigenvalue weighted by Gasteiger charge is 2.17. The van der Waals surface area contributed by atoms with Crippen molar-refractivity contribution in [3.05, 3.63) is 44.4 Å². The number of nitrogens with zero attached hydrogens (tertiary/aromatic N) is 1. The average molecular weight is 297 g/mol. The van der Waals surface area contributed by atoms with Crippen LogP contribution in [0.5, 0.6) is 5.75 Å². The lowest BCUT2D eigenvalue weighted by atomic mass is 10.3. The van der Waals surface area contributed by atoms with Gasteiger partial charge in [-0.2, -0.15) is 0 Å². The molecule has 92 valence electrons. The van der Waals surface area contributed by atoms with Gasteiger partial charge < -0.3 is 4.74 Å². The second-order valence-electron chi connectivity index (χ2n) is 2.93. The Morgan fingerprint density at radius 1 is 1.29 bits per heavy atom. The lowest BCUT2D eigenvalue weighted by Crippen LogP contribution is -1.98. The number of halogens is 3. The summed E-state index contributed by atoms with van der Waals surface area (Å²) in [5, 5.41) is 11.1. The van der Waals surface area contributed by atoms with Crippen LogP contribution in [0.15, 0.2) is 24.3 Å². The molecule has 4 nitrogen and oxygen atoms in total. The molecule has 7 heteroatoms. The summed E-state index contributed by atoms with van der Waals surface area (Å²) in [6.07, 6.45) is 3.32. The van der Waals surface area contributed by atoms with Gasteiger partial charge >= 0.3 is 5.69 Å². The van der Waals surface area contributed by atoms with Crippen molar-refractivity contribution in [3.8, 4) is 5.75 Å². The van der Waals surface area contributed by atoms with Crippen molar-refractivity contribution in [3.63, 3.8) is 0 Å². The summed E-state index contributed by atoms with van der Waals surface area (Å²) in [6, 6.07) is 2.47. The zero-order chi connectivity index (χ0) is 12.8. The molecule has 0 aromatic heterocycles. The first-order valence-electron chi connectivity index (χ1n) is 4.53. The molecular weight excluding hydrogens is 288 g/mol. The predicted molar refractivity (Wildman–Crippen MR) is 68.5 cm³/mol. The monoisotopic (exact) mass is 295 g/mol. The number of benzene rings is 1. The number of hydrogen-bond donors (Lipinski definition) is 0. The molecule has 0 fully saturated rings. The van der Waals surface area contributed by atoms with Crippen molar-refractivity contribution >= 4 is 40.5 Å². The Kier molecular flexibility index (Phi) is 5.55. The molecule has 0 N–H and O–H groups in total. The quantitative estimate of drug-likeness (QED) is 0.356. The smallest absolute Gasteiger partial charge is 0.312 e. The van der Waals surface area contributed by atoms with E-state index in [4.69, 9.17) is 39.5 Å². The standard InChI is InChI=1S/C10H8Cl3NO3/c11-3-1-2-4-17-10-6-8(13)7(12)5-9(10)14(15)16/h1-2,5-6H,3-4H2/b2-1+. The summed E-state index contributed by atoms with van der Waals surface area (Å²) in [5.74, 6) is 0.427. The second kappa shape index (κ2) is 6.69. The first kappa shape index (κ1) is 14.1. The van der Waals surface area contributed by atoms with Gasteiger partial charge in [-0.3, -0.25) is 10.1 Å². The number of rotatable bonds is 5. The van der Waals surface area contributed by atoms with Gasteiger partial charge in [0.2, 0.25) is 0 Å². The van der Waals surface area contributed by atoms with Crippen LogP contribution in [0, 0.1) is 10.1 Å². The molecule has 0 radical (unpaired) electrons. The zero-order valence-corrected chi connectivity index (χ0v) is 10.8. The van der Waals surface area contributed by atoms with Crippen LogP contribution >= 0.6 is 34.8 Å². The Labute approximate surface area is 113 Å². The molecule has 0 atom stereocenters. The minimum absolute atomic E-state index is 0.0728. The summed E-state index contributed by atoms with van der Waals surface area (Å²) >= 11 is 16.9. The van der Waals surface area contributed by atoms with Crippen molar-refractivity contribution < 1.29 is 9.66 Å². The summed E-state index contributed by atoms with van der Waals surface area (Å²) in [7, 11) is 0. The Balaban J connectivity index is 2.92. The predicted octanol–water partition coefficient (Wildman–Crippen LogP) is 4.08. The van der Waals surface area contributed by atoms with Gasteiger partial charge in [0.15, 0.2) is 5.75 Å². The minimum atomic E-state index is -0.581. The van der Waals surface area contributed by atoms with E-state index in [0.29, 0.717) is 5.88 Å². The van der Waals surface area contributed by atoms with Crippen LogP contribution in [-0.2, 0) is 0 Å². The van der Waals surface area contributed by atoms with E-state index in [9.17, 15) is 10.1 Å². The van der Waals surface area contributed by atoms with Gasteiger partial charge in [-0.15, -0.1) is 11.6 Å². The molecule has 0 heterocycles. The molecule has 0 aliphatic heterocycles. The lowest BCUT2D eigenvalue weighted by Gasteiger charge is -2.05. The fourth-order valence-corrected chi connectivity index (χ4v) is 1.48. The molecule has 0 amide bonds. The van der Waals surface area contributed by atoms with E-state index in [2.05, 4.69) is 0 Å². The maximum Gasteiger partial charge on any atom is 0.312 e. The molecule has 0 saturated heterocycles. The third kappa shape index (κ3) is 4.07. The number of allylic oxidation sites excluding steroid dienone is 1. The van der Waals surface area contributed by atoms with Gasteiger partial charge in [0.1, 0.15) is 6.61 Å². The maximum atomic E-state index is 10.8. The fourth-order valence-electron chi connectivity index (χ4n) is 1.05. The Bertz CT molecular complexity index is 449. The number of ether oxygens (including phenoxy) is 1. The molecule has 1 aromatic carbocycles. The van der Waals surface area contributed by atoms with Gasteiger partial charge in [0, 0.05) is 18.0 Å². The molecule has 0 saturated carbocycles. The van der Waals surface area contributed by atoms with Crippen LogP contribution in [0.3, 0.4) is 0 Å². The Morgan fingerprint density at radius 2 is 1.94 bits per heavy atom. The van der Waals surface area contributed by atoms with Gasteiger partial charge in [-0.05, 0) is 0 Å². The number of alkyl halides is 1. The largest absolute Gasteiger partial charge is 0.483 e. The van der Waals surface area contributed by atoms with Crippen molar-refractivity contribution in [2.24, 2.45) is 0 Å². The second-order valence-corrected chi connectivity index (χ2v) is 4.05. The van der Waals surface area contributed by atoms with Crippen molar-refractivity contribution in [1.82, 2.24) is 0 Å². The number of hydrogen-bond acceptors (Lipinski definition) is 3. The molecule has 0 unspecified atom stereocenters. The molecular formula is C10H8Cl3NO3. The van der Waals surface area contributed by atoms with Crippen molar-refractivity contribution in [2.45, 2.75) is 0 Å². The van der Waals surface area contributed by atoms with E-state index >= 15 is 0 Å². The number of nitro benzene ring substituents is 1. The molecule has 0 spiro atoms. The highest BCUT2D eigenvalue weighted by molar-refractivity contribution is 6.42. The molecule has 17 heavy (non-hydrogen) atoms. The summed E-state index contributed by atoms with van der Waals surface area (Å²) in [5.41, 5.74) is -0.223. The highest BCUT2D eigenvalue weighted by Crippen LogP contribution is 2.35. The van der Waals surface area contributed by atoms with Gasteiger partial charge in [-0.25, -0.2) is 0 Å². The summed E-state index contributed by atoms with van der Waals surface area (Å²) in [4.78, 5) is 10.2. The van der Waals surface area contributed by atoms with Crippen molar-refractivity contribution in [2.75, 3.05) is 12.5 Å². The normalized spacial score (nSPS) is 10.8. The van der Waals surface area contributed by atoms with Crippen molar-refractivity contribution in [1.29, 1.82) is 0 Å². The van der Waals surface area contributed by atoms with E-state index in [1.54, 1.807) is 12.2 Å². The molecule has 0 aliphatic carbocycles. The summed E-state index contributed by atoms with van der Waals surface area (Å²) < 4.78 is 5.21. The minimum Gasteiger partial charge on any atom is -0.483 e. The average Bonchev–Trinajstić information content (AvgIpc) is 2.28. The summed E-state index contributed by atoms with van der Waals surface area (Å²) in [6.45, 7) is 0.172. The van der Waals surface area contributed by atoms with E-state index in [1.165, 1.54) is 6.07 Å². The molecule has 0 bridgehead atoms. The first-order valence-corrected chi connectivity index (χ1v) is 5.82. The zero-order valence-electron chi connectivity index (χ0n) is 8.53. The molecule has 1 rings (SSSR count). The Hall–Kier alpha value is -0.970. The SMILES string of the molecule is O=[N+]([O-])c1cc(Cl)c(Cl)cc1OC/C=C/CCl. The van der Waals surface area contributed by atoms with E-state index < -0.39 is 4.92 Å². The number of nitro groups is 1. The van der Waals surface area contributed by atoms with Crippen LogP contribution < -0.4 is 4.74 Å². The van der Waals surface area contributed by atoms with Crippen LogP contribution in [0.1, 0.15) is 0 Å². The third-order valence-corrected chi connectivity index (χ3v) is 2.69. The van der Waals surface area contributed by atoms with Crippen LogP contribution in [0.25, 0.3) is 0 Å². The third-order valence-electron chi connectivity index (χ3n) is 1.79. The molecule has 1 aromatic rings. The van der Waals surface area contributed by atoms with Gasteiger partial charge in [0.25, 0.3) is 0 Å². The first-order chi connectivity index (χ1) is 8.06. The Morgan fingerprint density at radius 3 is 2.53 bits per heavy atom. The van der Waals surface area contributed by atoms with Gasteiger partial charge in [-0.1, -0.05) is 35.4 Å². The fraction of sp³-hybridized carbons (Fsp3) is 0.200. The highest BCUT2D eigenvalue weighted by atomic mass is 35.5. The van der Waals surface area contributed by atoms with Crippen LogP contribution in [0.4, 0.5) is 5.69 Å². The van der Waals surface area contributed by atoms with Crippen LogP contribution in [0.2, 0.25) is 10.0 Å². The molecule has 0 aliphatic rings. The topological polar surface area (TPSA) is 52.4 Å².